The van der Waals surface area contributed by atoms with Crippen molar-refractivity contribution in [1.29, 1.82) is 0 Å². The molecule has 3 heterocycles. The highest BCUT2D eigenvalue weighted by Gasteiger charge is 2.50. The summed E-state index contributed by atoms with van der Waals surface area (Å²) in [7, 11) is 0. The minimum absolute atomic E-state index is 0.532. The number of nitrogens with zero attached hydrogens (tertiary/aromatic N) is 1. The molecule has 0 saturated heterocycles. The van der Waals surface area contributed by atoms with E-state index in [9.17, 15) is 0 Å². The van der Waals surface area contributed by atoms with Gasteiger partial charge in [0.25, 0.3) is 0 Å². The lowest BCUT2D eigenvalue weighted by Gasteiger charge is -2.45. The molecule has 0 saturated carbocycles. The first-order valence-corrected chi connectivity index (χ1v) is 13.5. The first kappa shape index (κ1) is 20.9. The summed E-state index contributed by atoms with van der Waals surface area (Å²) >= 11 is 0. The average molecular weight is 498 g/mol. The molecule has 6 aromatic carbocycles. The molecular formula is C37H23NO. The van der Waals surface area contributed by atoms with Crippen LogP contribution in [-0.2, 0) is 5.41 Å². The van der Waals surface area contributed by atoms with Crippen molar-refractivity contribution in [2.45, 2.75) is 5.41 Å². The molecule has 2 heteroatoms. The van der Waals surface area contributed by atoms with Gasteiger partial charge in [-0.2, -0.15) is 0 Å². The van der Waals surface area contributed by atoms with Crippen LogP contribution in [0.1, 0.15) is 22.3 Å². The molecule has 0 amide bonds. The molecule has 0 aliphatic carbocycles. The van der Waals surface area contributed by atoms with Crippen LogP contribution in [0.15, 0.2) is 140 Å². The smallest absolute Gasteiger partial charge is 0.140 e. The van der Waals surface area contributed by atoms with E-state index in [-0.39, 0.29) is 0 Å². The van der Waals surface area contributed by atoms with E-state index in [1.54, 1.807) is 0 Å². The Morgan fingerprint density at radius 2 is 1.15 bits per heavy atom. The fraction of sp³-hybridized carbons (Fsp3) is 0.0270. The van der Waals surface area contributed by atoms with Crippen LogP contribution in [0.2, 0.25) is 0 Å². The lowest BCUT2D eigenvalue weighted by molar-refractivity contribution is 0.435. The zero-order valence-electron chi connectivity index (χ0n) is 21.1. The number of aromatic nitrogens is 1. The van der Waals surface area contributed by atoms with E-state index in [0.717, 1.165) is 22.6 Å². The van der Waals surface area contributed by atoms with Crippen LogP contribution in [0.5, 0.6) is 11.5 Å². The van der Waals surface area contributed by atoms with Gasteiger partial charge in [0.1, 0.15) is 11.5 Å². The van der Waals surface area contributed by atoms with Gasteiger partial charge in [0.05, 0.1) is 22.1 Å². The number of ether oxygens (including phenoxy) is 1. The molecule has 182 valence electrons. The van der Waals surface area contributed by atoms with Crippen LogP contribution < -0.4 is 4.74 Å². The zero-order chi connectivity index (χ0) is 25.6. The van der Waals surface area contributed by atoms with E-state index < -0.39 is 5.41 Å². The maximum Gasteiger partial charge on any atom is 0.140 e. The number of hydrogen-bond donors (Lipinski definition) is 0. The summed E-state index contributed by atoms with van der Waals surface area (Å²) in [5, 5.41) is 2.56. The Morgan fingerprint density at radius 1 is 0.487 bits per heavy atom. The predicted octanol–water partition coefficient (Wildman–Crippen LogP) is 9.25. The molecule has 2 aliphatic heterocycles. The number of fused-ring (bicyclic) bond motifs is 11. The lowest BCUT2D eigenvalue weighted by Crippen LogP contribution is -2.37. The molecule has 1 atom stereocenters. The van der Waals surface area contributed by atoms with Crippen LogP contribution in [0.25, 0.3) is 38.6 Å². The minimum Gasteiger partial charge on any atom is -0.456 e. The maximum absolute atomic E-state index is 6.84. The van der Waals surface area contributed by atoms with Gasteiger partial charge in [-0.15, -0.1) is 0 Å². The van der Waals surface area contributed by atoms with Gasteiger partial charge in [-0.05, 0) is 34.9 Å². The monoisotopic (exact) mass is 497 g/mol. The Morgan fingerprint density at radius 3 is 2.08 bits per heavy atom. The lowest BCUT2D eigenvalue weighted by atomic mass is 9.61. The quantitative estimate of drug-likeness (QED) is 0.220. The number of para-hydroxylation sites is 5. The van der Waals surface area contributed by atoms with Crippen molar-refractivity contribution < 1.29 is 4.74 Å². The van der Waals surface area contributed by atoms with Gasteiger partial charge in [0, 0.05) is 27.5 Å². The Labute approximate surface area is 226 Å². The molecule has 1 unspecified atom stereocenters. The van der Waals surface area contributed by atoms with Crippen molar-refractivity contribution in [3.05, 3.63) is 162 Å². The second kappa shape index (κ2) is 7.49. The Balaban J connectivity index is 1.53. The molecule has 0 bridgehead atoms. The van der Waals surface area contributed by atoms with Crippen LogP contribution in [0.4, 0.5) is 0 Å². The third-order valence-corrected chi connectivity index (χ3v) is 8.65. The number of benzene rings is 6. The summed E-state index contributed by atoms with van der Waals surface area (Å²) in [6.45, 7) is 0. The first-order chi connectivity index (χ1) is 19.4. The van der Waals surface area contributed by atoms with Crippen molar-refractivity contribution in [2.24, 2.45) is 0 Å². The van der Waals surface area contributed by atoms with Crippen molar-refractivity contribution in [2.75, 3.05) is 0 Å². The molecule has 0 fully saturated rings. The van der Waals surface area contributed by atoms with E-state index in [0.29, 0.717) is 0 Å². The molecule has 1 aromatic heterocycles. The normalized spacial score (nSPS) is 16.5. The Hall–Kier alpha value is -5.08. The maximum atomic E-state index is 6.84. The summed E-state index contributed by atoms with van der Waals surface area (Å²) < 4.78 is 9.31. The largest absolute Gasteiger partial charge is 0.456 e. The highest BCUT2D eigenvalue weighted by molar-refractivity contribution is 6.12. The second-order valence-electron chi connectivity index (χ2n) is 10.5. The Kier molecular flexibility index (Phi) is 4.02. The summed E-state index contributed by atoms with van der Waals surface area (Å²) in [5.74, 6) is 1.84. The van der Waals surface area contributed by atoms with E-state index in [1.165, 1.54) is 49.7 Å². The van der Waals surface area contributed by atoms with Crippen LogP contribution >= 0.6 is 0 Å². The summed E-state index contributed by atoms with van der Waals surface area (Å²) in [6, 6.07) is 50.3. The molecule has 0 N–H and O–H groups in total. The predicted molar refractivity (Wildman–Crippen MR) is 158 cm³/mol. The molecule has 7 aromatic rings. The number of rotatable bonds is 1. The zero-order valence-corrected chi connectivity index (χ0v) is 21.1. The third-order valence-electron chi connectivity index (χ3n) is 8.65. The molecule has 0 radical (unpaired) electrons. The first-order valence-electron chi connectivity index (χ1n) is 13.5. The second-order valence-corrected chi connectivity index (χ2v) is 10.5. The van der Waals surface area contributed by atoms with Crippen LogP contribution in [-0.4, -0.2) is 4.57 Å². The molecular weight excluding hydrogens is 474 g/mol. The summed E-state index contributed by atoms with van der Waals surface area (Å²) in [6.07, 6.45) is 0. The highest BCUT2D eigenvalue weighted by atomic mass is 16.5. The molecule has 39 heavy (non-hydrogen) atoms. The van der Waals surface area contributed by atoms with E-state index in [4.69, 9.17) is 4.74 Å². The van der Waals surface area contributed by atoms with Gasteiger partial charge in [0.2, 0.25) is 0 Å². The van der Waals surface area contributed by atoms with E-state index in [1.807, 2.05) is 0 Å². The van der Waals surface area contributed by atoms with Crippen molar-refractivity contribution in [3.8, 4) is 28.3 Å². The van der Waals surface area contributed by atoms with E-state index >= 15 is 0 Å². The summed E-state index contributed by atoms with van der Waals surface area (Å²) in [5.41, 5.74) is 10.4. The standard InChI is InChI=1S/C37H23NO/c1-2-12-24(13-3-1)25-15-10-20-31-36(25)39-34-23-9-6-18-29(34)37(31)28-17-5-8-22-33(28)38-32-21-7-4-14-26(32)27-16-11-19-30(37)35(27)38/h1-23H. The van der Waals surface area contributed by atoms with Gasteiger partial charge in [-0.25, -0.2) is 0 Å². The van der Waals surface area contributed by atoms with Crippen LogP contribution in [0, 0.1) is 0 Å². The summed E-state index contributed by atoms with van der Waals surface area (Å²) in [4.78, 5) is 0. The Bertz CT molecular complexity index is 2100. The van der Waals surface area contributed by atoms with E-state index in [2.05, 4.69) is 144 Å². The average Bonchev–Trinajstić information content (AvgIpc) is 3.35. The molecule has 2 nitrogen and oxygen atoms in total. The SMILES string of the molecule is c1ccc(-c2cccc3c2Oc2ccccc2C32c3ccccc3-n3c4ccccc4c4cccc2c43)cc1. The van der Waals surface area contributed by atoms with Crippen molar-refractivity contribution in [1.82, 2.24) is 4.57 Å². The highest BCUT2D eigenvalue weighted by Crippen LogP contribution is 2.61. The van der Waals surface area contributed by atoms with Gasteiger partial charge < -0.3 is 9.30 Å². The van der Waals surface area contributed by atoms with Gasteiger partial charge in [0.15, 0.2) is 0 Å². The fourth-order valence-corrected chi connectivity index (χ4v) is 7.19. The van der Waals surface area contributed by atoms with Crippen molar-refractivity contribution >= 4 is 21.8 Å². The van der Waals surface area contributed by atoms with Crippen molar-refractivity contribution in [3.63, 3.8) is 0 Å². The third kappa shape index (κ3) is 2.51. The molecule has 2 aliphatic rings. The molecule has 1 spiro atoms. The van der Waals surface area contributed by atoms with Gasteiger partial charge >= 0.3 is 0 Å². The van der Waals surface area contributed by atoms with Gasteiger partial charge in [-0.3, -0.25) is 0 Å². The minimum atomic E-state index is -0.532. The van der Waals surface area contributed by atoms with Gasteiger partial charge in [-0.1, -0.05) is 121 Å². The molecule has 9 rings (SSSR count). The van der Waals surface area contributed by atoms with Crippen LogP contribution in [0.3, 0.4) is 0 Å². The topological polar surface area (TPSA) is 14.2 Å². The number of hydrogen-bond acceptors (Lipinski definition) is 1. The fourth-order valence-electron chi connectivity index (χ4n) is 7.19.